The maximum atomic E-state index is 12.3. The number of carbonyl (C=O) groups excluding carboxylic acids is 1. The summed E-state index contributed by atoms with van der Waals surface area (Å²) in [7, 11) is 0. The van der Waals surface area contributed by atoms with E-state index < -0.39 is 0 Å². The van der Waals surface area contributed by atoms with Gasteiger partial charge < -0.3 is 16.2 Å². The topological polar surface area (TPSA) is 117 Å². The maximum Gasteiger partial charge on any atom is 0.255 e. The molecule has 0 saturated carbocycles. The number of aliphatic hydroxyl groups is 1. The monoisotopic (exact) mass is 347 g/mol. The molecule has 130 valence electrons. The van der Waals surface area contributed by atoms with Gasteiger partial charge in [0.1, 0.15) is 17.5 Å². The average Bonchev–Trinajstić information content (AvgIpc) is 3.04. The van der Waals surface area contributed by atoms with Crippen LogP contribution in [0.15, 0.2) is 54.7 Å². The number of nitrogen functional groups attached to an aromatic ring is 1. The highest BCUT2D eigenvalue weighted by atomic mass is 16.3. The number of hydrogen-bond acceptors (Lipinski definition) is 5. The first-order valence-corrected chi connectivity index (χ1v) is 7.97. The van der Waals surface area contributed by atoms with Crippen LogP contribution in [-0.4, -0.2) is 27.4 Å². The van der Waals surface area contributed by atoms with Gasteiger partial charge in [-0.05, 0) is 48.4 Å². The Morgan fingerprint density at radius 3 is 2.46 bits per heavy atom. The van der Waals surface area contributed by atoms with Gasteiger partial charge in [0.15, 0.2) is 0 Å². The summed E-state index contributed by atoms with van der Waals surface area (Å²) in [5.74, 6) is 0.0188. The molecular weight excluding hydrogens is 330 g/mol. The predicted molar refractivity (Wildman–Crippen MR) is 97.9 cm³/mol. The van der Waals surface area contributed by atoms with Gasteiger partial charge in [-0.15, -0.1) is 0 Å². The Labute approximate surface area is 150 Å². The van der Waals surface area contributed by atoms with Gasteiger partial charge in [0.25, 0.3) is 5.91 Å². The molecule has 0 aliphatic rings. The van der Waals surface area contributed by atoms with Crippen LogP contribution in [-0.2, 0) is 6.42 Å². The lowest BCUT2D eigenvalue weighted by Crippen LogP contribution is -2.12. The van der Waals surface area contributed by atoms with Crippen LogP contribution in [0.5, 0.6) is 0 Å². The van der Waals surface area contributed by atoms with Crippen molar-refractivity contribution < 1.29 is 9.90 Å². The van der Waals surface area contributed by atoms with Crippen LogP contribution in [0.2, 0.25) is 0 Å². The number of nitrogens with two attached hydrogens (primary N) is 1. The van der Waals surface area contributed by atoms with E-state index >= 15 is 0 Å². The molecule has 1 aromatic heterocycles. The third-order valence-corrected chi connectivity index (χ3v) is 3.91. The quantitative estimate of drug-likeness (QED) is 0.653. The Bertz CT molecular complexity index is 953. The molecule has 1 heterocycles. The van der Waals surface area contributed by atoms with Crippen LogP contribution < -0.4 is 11.1 Å². The minimum atomic E-state index is -0.238. The van der Waals surface area contributed by atoms with E-state index in [0.29, 0.717) is 28.9 Å². The van der Waals surface area contributed by atoms with Crippen LogP contribution in [0.1, 0.15) is 21.5 Å². The zero-order valence-corrected chi connectivity index (χ0v) is 13.9. The Morgan fingerprint density at radius 2 is 1.88 bits per heavy atom. The number of nitrogens with one attached hydrogen (secondary N) is 1. The molecule has 7 heteroatoms. The van der Waals surface area contributed by atoms with E-state index in [-0.39, 0.29) is 18.3 Å². The summed E-state index contributed by atoms with van der Waals surface area (Å²) in [6, 6.07) is 16.0. The normalized spacial score (nSPS) is 10.3. The first-order valence-electron chi connectivity index (χ1n) is 7.97. The van der Waals surface area contributed by atoms with Crippen LogP contribution in [0, 0.1) is 11.3 Å². The van der Waals surface area contributed by atoms with Crippen LogP contribution in [0.4, 0.5) is 11.5 Å². The second-order valence-corrected chi connectivity index (χ2v) is 5.64. The first kappa shape index (κ1) is 17.2. The van der Waals surface area contributed by atoms with E-state index in [1.807, 2.05) is 18.2 Å². The highest BCUT2D eigenvalue weighted by molar-refractivity contribution is 6.04. The molecule has 2 aromatic carbocycles. The number of nitriles is 1. The third kappa shape index (κ3) is 3.55. The molecular formula is C19H17N5O2. The highest BCUT2D eigenvalue weighted by Crippen LogP contribution is 2.18. The lowest BCUT2D eigenvalue weighted by Gasteiger charge is -2.08. The molecule has 4 N–H and O–H groups in total. The molecule has 3 aromatic rings. The number of nitrogens with zero attached hydrogens (tertiary/aromatic N) is 3. The number of hydrogen-bond donors (Lipinski definition) is 3. The van der Waals surface area contributed by atoms with Crippen LogP contribution in [0.3, 0.4) is 0 Å². The van der Waals surface area contributed by atoms with Gasteiger partial charge >= 0.3 is 0 Å². The zero-order chi connectivity index (χ0) is 18.5. The molecule has 0 fully saturated rings. The van der Waals surface area contributed by atoms with Gasteiger partial charge in [0.2, 0.25) is 0 Å². The molecule has 1 amide bonds. The van der Waals surface area contributed by atoms with Crippen molar-refractivity contribution in [2.24, 2.45) is 0 Å². The van der Waals surface area contributed by atoms with Gasteiger partial charge in [0.05, 0.1) is 11.9 Å². The van der Waals surface area contributed by atoms with Gasteiger partial charge in [-0.25, -0.2) is 4.68 Å². The fourth-order valence-corrected chi connectivity index (χ4v) is 2.49. The zero-order valence-electron chi connectivity index (χ0n) is 13.9. The summed E-state index contributed by atoms with van der Waals surface area (Å²) < 4.78 is 1.44. The van der Waals surface area contributed by atoms with Crippen molar-refractivity contribution in [3.8, 4) is 11.8 Å². The van der Waals surface area contributed by atoms with Crippen molar-refractivity contribution >= 4 is 17.4 Å². The van der Waals surface area contributed by atoms with Gasteiger partial charge in [-0.3, -0.25) is 4.79 Å². The summed E-state index contributed by atoms with van der Waals surface area (Å²) in [5.41, 5.74) is 8.99. The first-order chi connectivity index (χ1) is 12.6. The summed E-state index contributed by atoms with van der Waals surface area (Å²) in [5, 5.41) is 24.7. The molecule has 0 saturated heterocycles. The lowest BCUT2D eigenvalue weighted by atomic mass is 10.1. The molecule has 3 rings (SSSR count). The van der Waals surface area contributed by atoms with Crippen molar-refractivity contribution in [2.45, 2.75) is 6.42 Å². The van der Waals surface area contributed by atoms with E-state index in [4.69, 9.17) is 16.1 Å². The van der Waals surface area contributed by atoms with Gasteiger partial charge in [-0.1, -0.05) is 12.1 Å². The molecule has 0 spiro atoms. The smallest absolute Gasteiger partial charge is 0.255 e. The molecule has 0 aliphatic heterocycles. The largest absolute Gasteiger partial charge is 0.396 e. The number of anilines is 2. The Kier molecular flexibility index (Phi) is 4.97. The Morgan fingerprint density at radius 1 is 1.19 bits per heavy atom. The van der Waals surface area contributed by atoms with E-state index in [1.54, 1.807) is 36.4 Å². The number of aliphatic hydroxyl groups excluding tert-OH is 1. The fraction of sp³-hybridized carbons (Fsp3) is 0.105. The molecule has 0 bridgehead atoms. The number of benzene rings is 2. The average molecular weight is 347 g/mol. The van der Waals surface area contributed by atoms with E-state index in [9.17, 15) is 4.79 Å². The second-order valence-electron chi connectivity index (χ2n) is 5.64. The molecule has 0 aliphatic carbocycles. The number of carbonyl (C=O) groups is 1. The third-order valence-electron chi connectivity index (χ3n) is 3.91. The SMILES string of the molecule is N#Cc1cnn(-c2ccc(C(=O)Nc3ccc(CCO)cc3)cc2)c1N. The van der Waals surface area contributed by atoms with Crippen LogP contribution in [0.25, 0.3) is 5.69 Å². The molecule has 0 unspecified atom stereocenters. The van der Waals surface area contributed by atoms with E-state index in [1.165, 1.54) is 10.9 Å². The van der Waals surface area contributed by atoms with Crippen molar-refractivity contribution in [3.63, 3.8) is 0 Å². The Hall–Kier alpha value is -3.63. The minimum absolute atomic E-state index is 0.0919. The van der Waals surface area contributed by atoms with Crippen molar-refractivity contribution in [1.82, 2.24) is 9.78 Å². The summed E-state index contributed by atoms with van der Waals surface area (Å²) in [6.07, 6.45) is 1.98. The molecule has 26 heavy (non-hydrogen) atoms. The van der Waals surface area contributed by atoms with Crippen molar-refractivity contribution in [3.05, 3.63) is 71.4 Å². The summed E-state index contributed by atoms with van der Waals surface area (Å²) in [4.78, 5) is 12.3. The van der Waals surface area contributed by atoms with Gasteiger partial charge in [0, 0.05) is 17.9 Å². The van der Waals surface area contributed by atoms with E-state index in [2.05, 4.69) is 10.4 Å². The number of rotatable bonds is 5. The second kappa shape index (κ2) is 7.51. The number of amides is 1. The number of aromatic nitrogens is 2. The fourth-order valence-electron chi connectivity index (χ4n) is 2.49. The maximum absolute atomic E-state index is 12.3. The lowest BCUT2D eigenvalue weighted by molar-refractivity contribution is 0.102. The summed E-state index contributed by atoms with van der Waals surface area (Å²) >= 11 is 0. The van der Waals surface area contributed by atoms with E-state index in [0.717, 1.165) is 5.56 Å². The predicted octanol–water partition coefficient (Wildman–Crippen LogP) is 2.11. The minimum Gasteiger partial charge on any atom is -0.396 e. The Balaban J connectivity index is 1.72. The van der Waals surface area contributed by atoms with Gasteiger partial charge in [-0.2, -0.15) is 10.4 Å². The van der Waals surface area contributed by atoms with Crippen molar-refractivity contribution in [1.29, 1.82) is 5.26 Å². The van der Waals surface area contributed by atoms with Crippen molar-refractivity contribution in [2.75, 3.05) is 17.7 Å². The highest BCUT2D eigenvalue weighted by Gasteiger charge is 2.10. The summed E-state index contributed by atoms with van der Waals surface area (Å²) in [6.45, 7) is 0.0919. The molecule has 0 atom stereocenters. The molecule has 0 radical (unpaired) electrons. The molecule has 7 nitrogen and oxygen atoms in total. The van der Waals surface area contributed by atoms with Crippen LogP contribution >= 0.6 is 0 Å². The standard InChI is InChI=1S/C19H17N5O2/c20-11-15-12-22-24(18(15)21)17-7-3-14(4-8-17)19(26)23-16-5-1-13(2-6-16)9-10-25/h1-8,12,25H,9-10,21H2,(H,23,26).